The van der Waals surface area contributed by atoms with Crippen LogP contribution in [0.15, 0.2) is 36.9 Å². The Hall–Kier alpha value is -2.05. The summed E-state index contributed by atoms with van der Waals surface area (Å²) in [5.41, 5.74) is 2.60. The van der Waals surface area contributed by atoms with Crippen LogP contribution in [0.5, 0.6) is 0 Å². The minimum Gasteiger partial charge on any atom is -0.353 e. The van der Waals surface area contributed by atoms with Crippen LogP contribution in [0.2, 0.25) is 0 Å². The van der Waals surface area contributed by atoms with Crippen LogP contribution in [0.3, 0.4) is 0 Å². The number of aromatic nitrogens is 3. The van der Waals surface area contributed by atoms with E-state index in [-0.39, 0.29) is 0 Å². The molecule has 1 saturated carbocycles. The third kappa shape index (κ3) is 2.87. The van der Waals surface area contributed by atoms with Gasteiger partial charge in [0.15, 0.2) is 0 Å². The van der Waals surface area contributed by atoms with E-state index in [4.69, 9.17) is 0 Å². The fourth-order valence-electron chi connectivity index (χ4n) is 4.87. The van der Waals surface area contributed by atoms with Gasteiger partial charge in [-0.2, -0.15) is 0 Å². The predicted octanol–water partition coefficient (Wildman–Crippen LogP) is 1.80. The largest absolute Gasteiger partial charge is 0.353 e. The van der Waals surface area contributed by atoms with Gasteiger partial charge in [0.1, 0.15) is 5.82 Å². The van der Waals surface area contributed by atoms with Gasteiger partial charge >= 0.3 is 0 Å². The molecule has 2 aromatic heterocycles. The number of nitrogens with one attached hydrogen (secondary N) is 1. The first-order chi connectivity index (χ1) is 12.8. The zero-order chi connectivity index (χ0) is 17.4. The molecule has 2 aromatic rings. The third-order valence-corrected chi connectivity index (χ3v) is 6.43. The summed E-state index contributed by atoms with van der Waals surface area (Å²) in [7, 11) is 0. The molecule has 0 amide bonds. The van der Waals surface area contributed by atoms with E-state index >= 15 is 0 Å². The standard InChI is InChI=1S/C20H26N6/c1-2-17(18-13-21-6-7-23-18)19(24-5-1)26-10-8-25(9-11-26)16-3-4-20(12-16)14-22-15-20/h1-2,5-7,13,16,22H,3-4,8-12,14-15H2. The molecule has 0 bridgehead atoms. The van der Waals surface area contributed by atoms with Gasteiger partial charge in [-0.05, 0) is 36.8 Å². The average molecular weight is 350 g/mol. The molecule has 2 saturated heterocycles. The van der Waals surface area contributed by atoms with Crippen molar-refractivity contribution in [2.75, 3.05) is 44.2 Å². The van der Waals surface area contributed by atoms with Crippen molar-refractivity contribution in [2.45, 2.75) is 25.3 Å². The lowest BCUT2D eigenvalue weighted by Gasteiger charge is -2.42. The Morgan fingerprint density at radius 1 is 1.04 bits per heavy atom. The second-order valence-corrected chi connectivity index (χ2v) is 7.99. The molecular formula is C20H26N6. The van der Waals surface area contributed by atoms with Crippen LogP contribution in [-0.4, -0.2) is 65.2 Å². The summed E-state index contributed by atoms with van der Waals surface area (Å²) < 4.78 is 0. The zero-order valence-corrected chi connectivity index (χ0v) is 15.1. The van der Waals surface area contributed by atoms with Crippen molar-refractivity contribution >= 4 is 5.82 Å². The highest BCUT2D eigenvalue weighted by Gasteiger charge is 2.45. The summed E-state index contributed by atoms with van der Waals surface area (Å²) >= 11 is 0. The van der Waals surface area contributed by atoms with Crippen molar-refractivity contribution in [3.63, 3.8) is 0 Å². The van der Waals surface area contributed by atoms with Gasteiger partial charge in [-0.15, -0.1) is 0 Å². The molecular weight excluding hydrogens is 324 g/mol. The number of pyridine rings is 1. The second-order valence-electron chi connectivity index (χ2n) is 7.99. The number of rotatable bonds is 3. The first-order valence-electron chi connectivity index (χ1n) is 9.74. The SMILES string of the molecule is c1cnc(N2CCN(C3CCC4(CNC4)C3)CC2)c(-c2cnccn2)c1. The maximum absolute atomic E-state index is 4.68. The first-order valence-corrected chi connectivity index (χ1v) is 9.74. The van der Waals surface area contributed by atoms with Gasteiger partial charge in [0.05, 0.1) is 11.9 Å². The van der Waals surface area contributed by atoms with Crippen LogP contribution < -0.4 is 10.2 Å². The van der Waals surface area contributed by atoms with Crippen molar-refractivity contribution in [2.24, 2.45) is 5.41 Å². The number of anilines is 1. The van der Waals surface area contributed by atoms with Crippen molar-refractivity contribution in [3.8, 4) is 11.3 Å². The Kier molecular flexibility index (Phi) is 4.10. The van der Waals surface area contributed by atoms with E-state index in [0.717, 1.165) is 49.3 Å². The molecule has 3 aliphatic rings. The maximum atomic E-state index is 4.68. The lowest BCUT2D eigenvalue weighted by atomic mass is 9.80. The number of hydrogen-bond acceptors (Lipinski definition) is 6. The summed E-state index contributed by atoms with van der Waals surface area (Å²) in [6, 6.07) is 4.86. The maximum Gasteiger partial charge on any atom is 0.138 e. The fraction of sp³-hybridized carbons (Fsp3) is 0.550. The molecule has 1 N–H and O–H groups in total. The third-order valence-electron chi connectivity index (χ3n) is 6.43. The molecule has 1 aliphatic carbocycles. The van der Waals surface area contributed by atoms with Gasteiger partial charge in [-0.3, -0.25) is 14.9 Å². The normalized spacial score (nSPS) is 25.4. The van der Waals surface area contributed by atoms with Crippen LogP contribution in [0, 0.1) is 5.41 Å². The van der Waals surface area contributed by atoms with Crippen LogP contribution in [0.4, 0.5) is 5.82 Å². The van der Waals surface area contributed by atoms with Crippen LogP contribution >= 0.6 is 0 Å². The van der Waals surface area contributed by atoms with E-state index in [9.17, 15) is 0 Å². The molecule has 26 heavy (non-hydrogen) atoms. The number of nitrogens with zero attached hydrogens (tertiary/aromatic N) is 5. The molecule has 136 valence electrons. The minimum absolute atomic E-state index is 0.627. The monoisotopic (exact) mass is 350 g/mol. The highest BCUT2D eigenvalue weighted by atomic mass is 15.3. The van der Waals surface area contributed by atoms with Crippen LogP contribution in [0.1, 0.15) is 19.3 Å². The summed E-state index contributed by atoms with van der Waals surface area (Å²) in [5, 5.41) is 3.47. The van der Waals surface area contributed by atoms with Gasteiger partial charge in [-0.1, -0.05) is 0 Å². The quantitative estimate of drug-likeness (QED) is 0.911. The molecule has 6 nitrogen and oxygen atoms in total. The van der Waals surface area contributed by atoms with Gasteiger partial charge in [0.25, 0.3) is 0 Å². The highest BCUT2D eigenvalue weighted by Crippen LogP contribution is 2.43. The van der Waals surface area contributed by atoms with Crippen molar-refractivity contribution in [1.29, 1.82) is 0 Å². The summed E-state index contributed by atoms with van der Waals surface area (Å²) in [6.07, 6.45) is 11.3. The minimum atomic E-state index is 0.627. The fourth-order valence-corrected chi connectivity index (χ4v) is 4.87. The van der Waals surface area contributed by atoms with Crippen LogP contribution in [0.25, 0.3) is 11.3 Å². The Morgan fingerprint density at radius 2 is 1.92 bits per heavy atom. The van der Waals surface area contributed by atoms with Gasteiger partial charge in [0.2, 0.25) is 0 Å². The lowest BCUT2D eigenvalue weighted by molar-refractivity contribution is 0.135. The molecule has 5 rings (SSSR count). The molecule has 1 unspecified atom stereocenters. The van der Waals surface area contributed by atoms with E-state index < -0.39 is 0 Å². The Bertz CT molecular complexity index is 752. The van der Waals surface area contributed by atoms with E-state index in [2.05, 4.69) is 36.1 Å². The molecule has 0 aromatic carbocycles. The molecule has 2 aliphatic heterocycles. The van der Waals surface area contributed by atoms with Gasteiger partial charge in [-0.25, -0.2) is 4.98 Å². The van der Waals surface area contributed by atoms with E-state index in [1.807, 2.05) is 18.5 Å². The molecule has 0 radical (unpaired) electrons. The summed E-state index contributed by atoms with van der Waals surface area (Å²) in [5.74, 6) is 1.04. The molecule has 3 fully saturated rings. The van der Waals surface area contributed by atoms with Crippen molar-refractivity contribution in [3.05, 3.63) is 36.9 Å². The van der Waals surface area contributed by atoms with Gasteiger partial charge < -0.3 is 10.2 Å². The lowest BCUT2D eigenvalue weighted by Crippen LogP contribution is -2.54. The smallest absolute Gasteiger partial charge is 0.138 e. The van der Waals surface area contributed by atoms with E-state index in [1.165, 1.54) is 32.4 Å². The molecule has 4 heterocycles. The summed E-state index contributed by atoms with van der Waals surface area (Å²) in [6.45, 7) is 6.80. The molecule has 6 heteroatoms. The van der Waals surface area contributed by atoms with E-state index in [1.54, 1.807) is 12.4 Å². The second kappa shape index (κ2) is 6.59. The summed E-state index contributed by atoms with van der Waals surface area (Å²) in [4.78, 5) is 18.5. The molecule has 1 atom stereocenters. The number of piperazine rings is 1. The first kappa shape index (κ1) is 16.1. The average Bonchev–Trinajstić information content (AvgIpc) is 3.15. The van der Waals surface area contributed by atoms with Crippen LogP contribution in [-0.2, 0) is 0 Å². The van der Waals surface area contributed by atoms with Crippen molar-refractivity contribution in [1.82, 2.24) is 25.2 Å². The topological polar surface area (TPSA) is 57.2 Å². The molecule has 1 spiro atoms. The van der Waals surface area contributed by atoms with Crippen molar-refractivity contribution < 1.29 is 0 Å². The predicted molar refractivity (Wildman–Crippen MR) is 102 cm³/mol. The Balaban J connectivity index is 1.28. The number of hydrogen-bond donors (Lipinski definition) is 1. The van der Waals surface area contributed by atoms with E-state index in [0.29, 0.717) is 5.41 Å². The Morgan fingerprint density at radius 3 is 2.62 bits per heavy atom. The van der Waals surface area contributed by atoms with Gasteiger partial charge in [0, 0.05) is 69.5 Å². The highest BCUT2D eigenvalue weighted by molar-refractivity contribution is 5.72. The Labute approximate surface area is 154 Å². The zero-order valence-electron chi connectivity index (χ0n) is 15.1.